The number of carbonyl (C=O) groups is 2. The van der Waals surface area contributed by atoms with Crippen molar-refractivity contribution in [2.75, 3.05) is 32.1 Å². The molecule has 10 heteroatoms. The molecule has 2 N–H and O–H groups in total. The number of pyridine rings is 1. The Hall–Kier alpha value is -4.12. The average Bonchev–Trinajstić information content (AvgIpc) is 3.55. The zero-order valence-corrected chi connectivity index (χ0v) is 24.8. The summed E-state index contributed by atoms with van der Waals surface area (Å²) in [6.07, 6.45) is 5.00. The molecule has 2 aromatic heterocycles. The minimum absolute atomic E-state index is 0.0573. The van der Waals surface area contributed by atoms with Crippen LogP contribution in [-0.2, 0) is 6.54 Å². The molecule has 0 saturated heterocycles. The lowest BCUT2D eigenvalue weighted by molar-refractivity contribution is 0.0343. The van der Waals surface area contributed by atoms with E-state index in [1.165, 1.54) is 11.3 Å². The van der Waals surface area contributed by atoms with Crippen LogP contribution in [0.5, 0.6) is 5.75 Å². The number of para-hydroxylation sites is 1. The molecule has 0 aliphatic carbocycles. The first-order valence-corrected chi connectivity index (χ1v) is 14.8. The number of ether oxygens (including phenoxy) is 1. The van der Waals surface area contributed by atoms with E-state index in [0.717, 1.165) is 16.1 Å². The predicted molar refractivity (Wildman–Crippen MR) is 164 cm³/mol. The molecule has 0 fully saturated rings. The number of aliphatic hydroxyl groups excluding tert-OH is 1. The van der Waals surface area contributed by atoms with Crippen molar-refractivity contribution >= 4 is 28.8 Å². The number of benzene rings is 2. The molecule has 2 aromatic carbocycles. The Morgan fingerprint density at radius 3 is 2.62 bits per heavy atom. The van der Waals surface area contributed by atoms with Gasteiger partial charge in [0, 0.05) is 60.6 Å². The average molecular weight is 586 g/mol. The lowest BCUT2D eigenvalue weighted by Crippen LogP contribution is -2.49. The van der Waals surface area contributed by atoms with Crippen LogP contribution < -0.4 is 10.1 Å². The molecule has 3 atom stereocenters. The van der Waals surface area contributed by atoms with E-state index in [4.69, 9.17) is 4.74 Å². The number of carbonyl (C=O) groups excluding carboxylic acids is 2. The van der Waals surface area contributed by atoms with E-state index < -0.39 is 0 Å². The van der Waals surface area contributed by atoms with Gasteiger partial charge in [0.05, 0.1) is 23.9 Å². The maximum absolute atomic E-state index is 13.8. The number of nitrogens with one attached hydrogen (secondary N) is 1. The molecule has 3 heterocycles. The number of anilines is 1. The first-order chi connectivity index (χ1) is 20.3. The van der Waals surface area contributed by atoms with E-state index in [1.54, 1.807) is 53.8 Å². The Bertz CT molecular complexity index is 1500. The van der Waals surface area contributed by atoms with Gasteiger partial charge in [0.25, 0.3) is 11.8 Å². The van der Waals surface area contributed by atoms with E-state index >= 15 is 0 Å². The van der Waals surface area contributed by atoms with E-state index in [0.29, 0.717) is 42.2 Å². The van der Waals surface area contributed by atoms with Crippen molar-refractivity contribution in [1.29, 1.82) is 0 Å². The third-order valence-electron chi connectivity index (χ3n) is 7.46. The van der Waals surface area contributed by atoms with Gasteiger partial charge in [-0.05, 0) is 55.9 Å². The number of rotatable bonds is 9. The van der Waals surface area contributed by atoms with Crippen LogP contribution in [0, 0.1) is 5.92 Å². The topological polar surface area (TPSA) is 108 Å². The largest absolute Gasteiger partial charge is 0.486 e. The Morgan fingerprint density at radius 1 is 1.17 bits per heavy atom. The summed E-state index contributed by atoms with van der Waals surface area (Å²) in [7, 11) is 2.03. The minimum atomic E-state index is -0.379. The molecule has 4 aromatic rings. The normalized spacial score (nSPS) is 17.6. The zero-order chi connectivity index (χ0) is 29.6. The number of fused-ring (bicyclic) bond motifs is 1. The molecule has 0 saturated carbocycles. The number of hydrogen-bond donors (Lipinski definition) is 2. The maximum Gasteiger partial charge on any atom is 0.258 e. The molecule has 1 aliphatic rings. The summed E-state index contributed by atoms with van der Waals surface area (Å²) in [4.78, 5) is 39.4. The number of hydrogen-bond acceptors (Lipinski definition) is 8. The lowest BCUT2D eigenvalue weighted by atomic mass is 9.98. The van der Waals surface area contributed by atoms with Crippen molar-refractivity contribution in [1.82, 2.24) is 19.8 Å². The number of thiazole rings is 1. The van der Waals surface area contributed by atoms with Gasteiger partial charge < -0.3 is 20.1 Å². The minimum Gasteiger partial charge on any atom is -0.486 e. The van der Waals surface area contributed by atoms with Gasteiger partial charge >= 0.3 is 0 Å². The van der Waals surface area contributed by atoms with Crippen LogP contribution in [0.1, 0.15) is 40.1 Å². The molecule has 2 amide bonds. The van der Waals surface area contributed by atoms with Gasteiger partial charge in [-0.15, -0.1) is 11.3 Å². The van der Waals surface area contributed by atoms with Gasteiger partial charge in [0.1, 0.15) is 11.1 Å². The molecule has 1 aliphatic heterocycles. The molecule has 0 unspecified atom stereocenters. The second-order valence-corrected chi connectivity index (χ2v) is 11.6. The van der Waals surface area contributed by atoms with Crippen LogP contribution >= 0.6 is 11.3 Å². The van der Waals surface area contributed by atoms with Crippen molar-refractivity contribution < 1.29 is 19.4 Å². The van der Waals surface area contributed by atoms with E-state index in [9.17, 15) is 14.7 Å². The highest BCUT2D eigenvalue weighted by Crippen LogP contribution is 2.35. The number of aromatic nitrogens is 2. The Morgan fingerprint density at radius 2 is 1.93 bits per heavy atom. The molecule has 218 valence electrons. The highest BCUT2D eigenvalue weighted by Gasteiger charge is 2.34. The fourth-order valence-corrected chi connectivity index (χ4v) is 5.70. The fourth-order valence-electron chi connectivity index (χ4n) is 5.06. The molecule has 0 radical (unpaired) electrons. The number of likely N-dealkylation sites (N-methyl/N-ethyl adjacent to an activating group) is 1. The summed E-state index contributed by atoms with van der Waals surface area (Å²) in [5, 5.41) is 15.7. The summed E-state index contributed by atoms with van der Waals surface area (Å²) >= 11 is 1.53. The Kier molecular flexibility index (Phi) is 9.26. The number of amides is 2. The van der Waals surface area contributed by atoms with Gasteiger partial charge in [-0.3, -0.25) is 19.5 Å². The molecular formula is C32H35N5O4S. The second kappa shape index (κ2) is 13.2. The summed E-state index contributed by atoms with van der Waals surface area (Å²) in [6, 6.07) is 16.0. The van der Waals surface area contributed by atoms with Crippen LogP contribution in [0.2, 0.25) is 0 Å². The van der Waals surface area contributed by atoms with Crippen molar-refractivity contribution in [3.8, 4) is 16.3 Å². The van der Waals surface area contributed by atoms with Crippen molar-refractivity contribution in [3.05, 3.63) is 95.3 Å². The van der Waals surface area contributed by atoms with Crippen LogP contribution in [0.4, 0.5) is 5.69 Å². The fraction of sp³-hybridized carbons (Fsp3) is 0.312. The van der Waals surface area contributed by atoms with Gasteiger partial charge in [-0.1, -0.05) is 25.1 Å². The molecule has 0 bridgehead atoms. The highest BCUT2D eigenvalue weighted by molar-refractivity contribution is 7.13. The van der Waals surface area contributed by atoms with Crippen LogP contribution in [0.15, 0.2) is 78.6 Å². The van der Waals surface area contributed by atoms with Gasteiger partial charge in [0.15, 0.2) is 5.75 Å². The SMILES string of the molecule is C[C@@H]1CN([C@H](C)CO)C(=O)c2cccc(NC(=O)c3ccc(-c4nccs4)cc3)c2O[C@H]1CN(C)Cc1ccncc1. The first kappa shape index (κ1) is 29.4. The van der Waals surface area contributed by atoms with Crippen LogP contribution in [0.3, 0.4) is 0 Å². The van der Waals surface area contributed by atoms with E-state index in [2.05, 4.69) is 20.2 Å². The second-order valence-electron chi connectivity index (χ2n) is 10.7. The smallest absolute Gasteiger partial charge is 0.258 e. The van der Waals surface area contributed by atoms with Crippen molar-refractivity contribution in [2.45, 2.75) is 32.5 Å². The van der Waals surface area contributed by atoms with Gasteiger partial charge in [-0.25, -0.2) is 4.98 Å². The molecule has 0 spiro atoms. The lowest BCUT2D eigenvalue weighted by Gasteiger charge is -2.38. The first-order valence-electron chi connectivity index (χ1n) is 13.9. The van der Waals surface area contributed by atoms with Gasteiger partial charge in [-0.2, -0.15) is 0 Å². The molecule has 9 nitrogen and oxygen atoms in total. The molecule has 5 rings (SSSR count). The zero-order valence-electron chi connectivity index (χ0n) is 23.9. The predicted octanol–water partition coefficient (Wildman–Crippen LogP) is 4.81. The third kappa shape index (κ3) is 6.67. The van der Waals surface area contributed by atoms with E-state index in [-0.39, 0.29) is 36.5 Å². The van der Waals surface area contributed by atoms with Gasteiger partial charge in [0.2, 0.25) is 0 Å². The van der Waals surface area contributed by atoms with Crippen molar-refractivity contribution in [2.24, 2.45) is 5.92 Å². The van der Waals surface area contributed by atoms with E-state index in [1.807, 2.05) is 50.5 Å². The standard InChI is InChI=1S/C32H35N5O4S/c1-21-17-37(22(2)20-38)32(40)26-5-4-6-27(29(26)41-28(21)19-36(3)18-23-11-13-33-14-12-23)35-30(39)24-7-9-25(10-8-24)31-34-15-16-42-31/h4-16,21-22,28,38H,17-20H2,1-3H3,(H,35,39)/t21-,22-,28+/m1/s1. The quantitative estimate of drug-likeness (QED) is 0.290. The monoisotopic (exact) mass is 585 g/mol. The highest BCUT2D eigenvalue weighted by atomic mass is 32.1. The van der Waals surface area contributed by atoms with Crippen LogP contribution in [-0.4, -0.2) is 75.6 Å². The maximum atomic E-state index is 13.8. The summed E-state index contributed by atoms with van der Waals surface area (Å²) in [5.41, 5.74) is 3.31. The molecular weight excluding hydrogens is 550 g/mol. The summed E-state index contributed by atoms with van der Waals surface area (Å²) < 4.78 is 6.64. The summed E-state index contributed by atoms with van der Waals surface area (Å²) in [6.45, 7) is 5.43. The van der Waals surface area contributed by atoms with Crippen molar-refractivity contribution in [3.63, 3.8) is 0 Å². The number of nitrogens with zero attached hydrogens (tertiary/aromatic N) is 4. The third-order valence-corrected chi connectivity index (χ3v) is 8.28. The molecule has 42 heavy (non-hydrogen) atoms. The number of aliphatic hydroxyl groups is 1. The Balaban J connectivity index is 1.43. The summed E-state index contributed by atoms with van der Waals surface area (Å²) in [5.74, 6) is -0.282. The Labute approximate surface area is 249 Å². The van der Waals surface area contributed by atoms with Crippen LogP contribution in [0.25, 0.3) is 10.6 Å².